The summed E-state index contributed by atoms with van der Waals surface area (Å²) in [6, 6.07) is 0. The zero-order valence-corrected chi connectivity index (χ0v) is 12.6. The van der Waals surface area contributed by atoms with Crippen LogP contribution < -0.4 is 0 Å². The third-order valence-electron chi connectivity index (χ3n) is 0. The maximum atomic E-state index is 0. The first-order valence-corrected chi connectivity index (χ1v) is 0. The molecule has 4 radical (unpaired) electrons. The summed E-state index contributed by atoms with van der Waals surface area (Å²) in [5.41, 5.74) is 0. The van der Waals surface area contributed by atoms with Crippen LogP contribution >= 0.6 is 0 Å². The van der Waals surface area contributed by atoms with Crippen LogP contribution in [-0.4, -0.2) is 8.41 Å². The Kier molecular flexibility index (Phi) is 157. The van der Waals surface area contributed by atoms with Crippen LogP contribution in [0.4, 0.5) is 0 Å². The second-order valence-electron chi connectivity index (χ2n) is 0. The van der Waals surface area contributed by atoms with E-state index in [-0.39, 0.29) is 148 Å². The molecule has 5 heteroatoms. The second kappa shape index (κ2) is 23.4. The van der Waals surface area contributed by atoms with Crippen LogP contribution in [0.5, 0.6) is 0 Å². The molecule has 0 aliphatic heterocycles. The predicted molar refractivity (Wildman–Crippen MR) is 5.75 cm³/mol. The summed E-state index contributed by atoms with van der Waals surface area (Å²) >= 11 is 0. The Hall–Kier alpha value is 4.62. The molecule has 0 aromatic rings. The standard InChI is InChI=1S/B.Fe.Gd.Nd.Pr. The van der Waals surface area contributed by atoms with Crippen molar-refractivity contribution in [2.45, 2.75) is 0 Å². The van der Waals surface area contributed by atoms with Gasteiger partial charge in [0.2, 0.25) is 0 Å². The molecule has 0 amide bonds. The average Bonchev–Trinajstić information content (AvgIpc) is 0. The zero-order valence-electron chi connectivity index (χ0n) is 2.36. The topological polar surface area (TPSA) is 0 Å². The summed E-state index contributed by atoms with van der Waals surface area (Å²) < 4.78 is 0. The van der Waals surface area contributed by atoms with E-state index in [2.05, 4.69) is 0 Å². The molecule has 0 bridgehead atoms. The molecule has 0 aromatic carbocycles. The summed E-state index contributed by atoms with van der Waals surface area (Å²) in [7, 11) is 0. The van der Waals surface area contributed by atoms with Crippen molar-refractivity contribution in [1.82, 2.24) is 0 Å². The molecule has 5 heavy (non-hydrogen) atoms. The van der Waals surface area contributed by atoms with Crippen LogP contribution in [0.25, 0.3) is 0 Å². The van der Waals surface area contributed by atoms with E-state index in [9.17, 15) is 0 Å². The fraction of sp³-hybridized carbons (Fsp3) is 0. The Morgan fingerprint density at radius 3 is 1.00 bits per heavy atom. The smallest absolute Gasteiger partial charge is 0 e. The van der Waals surface area contributed by atoms with Crippen LogP contribution in [0, 0.1) is 122 Å². The molecular formula is BFeGdNdPr. The summed E-state index contributed by atoms with van der Waals surface area (Å²) in [6.07, 6.45) is 0. The zero-order chi connectivity index (χ0) is 0. The van der Waals surface area contributed by atoms with Gasteiger partial charge in [0, 0.05) is 148 Å². The monoisotopic (exact) mass is 508 g/mol. The van der Waals surface area contributed by atoms with Gasteiger partial charge in [-0.2, -0.15) is 0 Å². The van der Waals surface area contributed by atoms with Crippen molar-refractivity contribution in [3.05, 3.63) is 0 Å². The average molecular weight is 509 g/mol. The second-order valence-corrected chi connectivity index (χ2v) is 0. The van der Waals surface area contributed by atoms with Crippen molar-refractivity contribution < 1.29 is 139 Å². The molecule has 0 nitrogen and oxygen atoms in total. The first kappa shape index (κ1) is 33.5. The molecule has 0 aliphatic rings. The first-order valence-electron chi connectivity index (χ1n) is 0. The van der Waals surface area contributed by atoms with Crippen LogP contribution in [0.3, 0.4) is 0 Å². The van der Waals surface area contributed by atoms with E-state index in [1.165, 1.54) is 0 Å². The van der Waals surface area contributed by atoms with Gasteiger partial charge in [0.25, 0.3) is 0 Å². The van der Waals surface area contributed by atoms with E-state index in [4.69, 9.17) is 0 Å². The molecule has 0 rings (SSSR count). The van der Waals surface area contributed by atoms with Gasteiger partial charge >= 0.3 is 0 Å². The van der Waals surface area contributed by atoms with Crippen molar-refractivity contribution in [3.63, 3.8) is 0 Å². The van der Waals surface area contributed by atoms with E-state index < -0.39 is 0 Å². The van der Waals surface area contributed by atoms with Crippen molar-refractivity contribution in [3.8, 4) is 0 Å². The maximum Gasteiger partial charge on any atom is 0 e. The van der Waals surface area contributed by atoms with Crippen LogP contribution in [0.15, 0.2) is 0 Å². The van der Waals surface area contributed by atoms with Gasteiger partial charge in [-0.3, -0.25) is 0 Å². The molecule has 0 N–H and O–H groups in total. The molecule has 0 heterocycles. The number of rotatable bonds is 0. The van der Waals surface area contributed by atoms with Gasteiger partial charge in [-0.1, -0.05) is 0 Å². The van der Waals surface area contributed by atoms with E-state index in [1.807, 2.05) is 0 Å². The van der Waals surface area contributed by atoms with Crippen molar-refractivity contribution in [2.75, 3.05) is 0 Å². The fourth-order valence-corrected chi connectivity index (χ4v) is 0. The predicted octanol–water partition coefficient (Wildman–Crippen LogP) is -0.383. The molecule has 0 aromatic heterocycles. The molecule has 0 aliphatic carbocycles. The molecule has 0 fully saturated rings. The molecular weight excluding hydrogens is 509 g/mol. The number of hydrogen-bond acceptors (Lipinski definition) is 0. The van der Waals surface area contributed by atoms with Crippen molar-refractivity contribution >= 4 is 8.41 Å². The Balaban J connectivity index is 0. The van der Waals surface area contributed by atoms with E-state index in [0.29, 0.717) is 0 Å². The van der Waals surface area contributed by atoms with Crippen LogP contribution in [0.1, 0.15) is 0 Å². The Labute approximate surface area is 143 Å². The van der Waals surface area contributed by atoms with Crippen LogP contribution in [0.2, 0.25) is 0 Å². The Morgan fingerprint density at radius 2 is 1.00 bits per heavy atom. The minimum absolute atomic E-state index is 0. The van der Waals surface area contributed by atoms with Gasteiger partial charge in [0.05, 0.1) is 0 Å². The van der Waals surface area contributed by atoms with E-state index in [0.717, 1.165) is 0 Å². The van der Waals surface area contributed by atoms with Crippen molar-refractivity contribution in [1.29, 1.82) is 0 Å². The largest absolute Gasteiger partial charge is 0 e. The third-order valence-corrected chi connectivity index (χ3v) is 0. The SMILES string of the molecule is [B].[Fe].[Gd].[Nd].[Pr]. The molecule has 0 saturated carbocycles. The molecule has 26 valence electrons. The molecule has 0 spiro atoms. The fourth-order valence-electron chi connectivity index (χ4n) is 0. The molecule has 0 saturated heterocycles. The Morgan fingerprint density at radius 1 is 1.00 bits per heavy atom. The van der Waals surface area contributed by atoms with E-state index in [1.54, 1.807) is 0 Å². The van der Waals surface area contributed by atoms with Gasteiger partial charge in [-0.05, 0) is 0 Å². The summed E-state index contributed by atoms with van der Waals surface area (Å²) in [5, 5.41) is 0. The quantitative estimate of drug-likeness (QED) is 0.391. The summed E-state index contributed by atoms with van der Waals surface area (Å²) in [4.78, 5) is 0. The number of hydrogen-bond donors (Lipinski definition) is 0. The normalized spacial score (nSPS) is 0. The minimum atomic E-state index is 0. The molecule has 0 unspecified atom stereocenters. The molecule has 0 atom stereocenters. The van der Waals surface area contributed by atoms with Gasteiger partial charge in [-0.15, -0.1) is 0 Å². The van der Waals surface area contributed by atoms with Gasteiger partial charge in [-0.25, -0.2) is 0 Å². The maximum absolute atomic E-state index is 0. The van der Waals surface area contributed by atoms with E-state index >= 15 is 0 Å². The van der Waals surface area contributed by atoms with Crippen LogP contribution in [-0.2, 0) is 17.1 Å². The minimum Gasteiger partial charge on any atom is 0 e. The van der Waals surface area contributed by atoms with Crippen molar-refractivity contribution in [2.24, 2.45) is 0 Å². The van der Waals surface area contributed by atoms with Gasteiger partial charge in [0.15, 0.2) is 0 Å². The van der Waals surface area contributed by atoms with Gasteiger partial charge < -0.3 is 0 Å². The third kappa shape index (κ3) is 17.7. The summed E-state index contributed by atoms with van der Waals surface area (Å²) in [6.45, 7) is 0. The summed E-state index contributed by atoms with van der Waals surface area (Å²) in [5.74, 6) is 0. The Bertz CT molecular complexity index is 11.6. The van der Waals surface area contributed by atoms with Gasteiger partial charge in [0.1, 0.15) is 0 Å². The first-order chi connectivity index (χ1) is 0.